The van der Waals surface area contributed by atoms with Crippen LogP contribution in [0.5, 0.6) is 11.5 Å². The lowest BCUT2D eigenvalue weighted by atomic mass is 10.0. The molecular formula is C35H38FN3O5. The average Bonchev–Trinajstić information content (AvgIpc) is 3.47. The Morgan fingerprint density at radius 1 is 0.932 bits per heavy atom. The Labute approximate surface area is 256 Å². The van der Waals surface area contributed by atoms with E-state index in [0.29, 0.717) is 30.8 Å². The van der Waals surface area contributed by atoms with E-state index >= 15 is 0 Å². The van der Waals surface area contributed by atoms with Crippen LogP contribution >= 0.6 is 0 Å². The van der Waals surface area contributed by atoms with Crippen LogP contribution in [0.4, 0.5) is 4.39 Å². The normalized spacial score (nSPS) is 16.7. The zero-order valence-electron chi connectivity index (χ0n) is 25.2. The van der Waals surface area contributed by atoms with E-state index in [9.17, 15) is 14.0 Å². The third-order valence-corrected chi connectivity index (χ3v) is 8.59. The summed E-state index contributed by atoms with van der Waals surface area (Å²) in [7, 11) is 1.45. The van der Waals surface area contributed by atoms with Gasteiger partial charge in [-0.25, -0.2) is 4.39 Å². The molecule has 0 radical (unpaired) electrons. The van der Waals surface area contributed by atoms with Gasteiger partial charge in [0, 0.05) is 62.6 Å². The van der Waals surface area contributed by atoms with Crippen LogP contribution in [0, 0.1) is 12.7 Å². The molecule has 0 saturated carbocycles. The number of carbonyl (C=O) groups excluding carboxylic acids is 2. The smallest absolute Gasteiger partial charge is 0.287 e. The van der Waals surface area contributed by atoms with E-state index in [1.807, 2.05) is 42.2 Å². The number of benzene rings is 3. The van der Waals surface area contributed by atoms with Crippen LogP contribution in [0.25, 0.3) is 11.0 Å². The highest BCUT2D eigenvalue weighted by atomic mass is 19.1. The van der Waals surface area contributed by atoms with Gasteiger partial charge in [0.15, 0.2) is 17.3 Å². The quantitative estimate of drug-likeness (QED) is 0.269. The maximum atomic E-state index is 14.1. The summed E-state index contributed by atoms with van der Waals surface area (Å²) in [5, 5.41) is 3.82. The van der Waals surface area contributed by atoms with Gasteiger partial charge in [0.25, 0.3) is 11.8 Å². The number of furan rings is 1. The van der Waals surface area contributed by atoms with Gasteiger partial charge >= 0.3 is 0 Å². The maximum absolute atomic E-state index is 14.1. The van der Waals surface area contributed by atoms with Gasteiger partial charge in [-0.2, -0.15) is 0 Å². The Kier molecular flexibility index (Phi) is 8.84. The Bertz CT molecular complexity index is 1620. The molecule has 0 spiro atoms. The number of halogens is 1. The van der Waals surface area contributed by atoms with Gasteiger partial charge in [0.1, 0.15) is 17.4 Å². The Hall–Kier alpha value is -4.37. The number of methoxy groups -OCH3 is 1. The van der Waals surface area contributed by atoms with Crippen molar-refractivity contribution < 1.29 is 27.9 Å². The van der Waals surface area contributed by atoms with Crippen molar-refractivity contribution in [1.82, 2.24) is 15.1 Å². The summed E-state index contributed by atoms with van der Waals surface area (Å²) in [5.74, 6) is 0.675. The minimum atomic E-state index is -0.362. The molecule has 3 aromatic carbocycles. The second-order valence-corrected chi connectivity index (χ2v) is 11.8. The van der Waals surface area contributed by atoms with Crippen LogP contribution in [0.3, 0.4) is 0 Å². The molecule has 0 atom stereocenters. The molecule has 1 aromatic heterocycles. The van der Waals surface area contributed by atoms with Crippen molar-refractivity contribution in [2.24, 2.45) is 0 Å². The van der Waals surface area contributed by atoms with Crippen LogP contribution in [0.2, 0.25) is 0 Å². The highest BCUT2D eigenvalue weighted by molar-refractivity contribution is 6.00. The lowest BCUT2D eigenvalue weighted by molar-refractivity contribution is 0.0595. The molecule has 0 bridgehead atoms. The summed E-state index contributed by atoms with van der Waals surface area (Å²) in [5.41, 5.74) is 3.23. The number of amides is 2. The Morgan fingerprint density at radius 2 is 1.68 bits per heavy atom. The molecular weight excluding hydrogens is 561 g/mol. The number of likely N-dealkylation sites (tertiary alicyclic amines) is 2. The van der Waals surface area contributed by atoms with Crippen LogP contribution in [0.15, 0.2) is 71.1 Å². The second-order valence-electron chi connectivity index (χ2n) is 11.8. The average molecular weight is 600 g/mol. The lowest BCUT2D eigenvalue weighted by Gasteiger charge is -2.32. The maximum Gasteiger partial charge on any atom is 0.287 e. The number of piperidine rings is 2. The van der Waals surface area contributed by atoms with Gasteiger partial charge < -0.3 is 24.1 Å². The van der Waals surface area contributed by atoms with Crippen molar-refractivity contribution >= 4 is 22.8 Å². The predicted octanol–water partition coefficient (Wildman–Crippen LogP) is 5.97. The van der Waals surface area contributed by atoms with Gasteiger partial charge in [0.2, 0.25) is 0 Å². The highest BCUT2D eigenvalue weighted by Gasteiger charge is 2.26. The SMILES string of the molecule is COc1ccc(CN2CCC(NC(=O)c3cc4cc(C(=O)N5CCC(Oc6ccc(C)cc6)CC5)ccc4o3)CC2)cc1F. The fourth-order valence-electron chi connectivity index (χ4n) is 6.02. The highest BCUT2D eigenvalue weighted by Crippen LogP contribution is 2.25. The molecule has 2 amide bonds. The van der Waals surface area contributed by atoms with E-state index < -0.39 is 0 Å². The fourth-order valence-corrected chi connectivity index (χ4v) is 6.02. The lowest BCUT2D eigenvalue weighted by Crippen LogP contribution is -2.44. The molecule has 44 heavy (non-hydrogen) atoms. The van der Waals surface area contributed by atoms with Gasteiger partial charge in [0.05, 0.1) is 7.11 Å². The van der Waals surface area contributed by atoms with Crippen molar-refractivity contribution in [3.8, 4) is 11.5 Å². The van der Waals surface area contributed by atoms with Gasteiger partial charge in [-0.3, -0.25) is 14.5 Å². The molecule has 4 aromatic rings. The first kappa shape index (κ1) is 29.7. The number of ether oxygens (including phenoxy) is 2. The summed E-state index contributed by atoms with van der Waals surface area (Å²) < 4.78 is 31.0. The summed E-state index contributed by atoms with van der Waals surface area (Å²) >= 11 is 0. The number of fused-ring (bicyclic) bond motifs is 1. The van der Waals surface area contributed by atoms with Crippen LogP contribution in [0.1, 0.15) is 57.7 Å². The number of hydrogen-bond acceptors (Lipinski definition) is 6. The molecule has 2 fully saturated rings. The van der Waals surface area contributed by atoms with Crippen molar-refractivity contribution in [3.63, 3.8) is 0 Å². The number of rotatable bonds is 8. The first-order valence-electron chi connectivity index (χ1n) is 15.3. The van der Waals surface area contributed by atoms with Gasteiger partial charge in [-0.15, -0.1) is 0 Å². The topological polar surface area (TPSA) is 84.2 Å². The number of hydrogen-bond donors (Lipinski definition) is 1. The molecule has 0 unspecified atom stereocenters. The molecule has 230 valence electrons. The van der Waals surface area contributed by atoms with Crippen LogP contribution in [-0.4, -0.2) is 67.0 Å². The molecule has 2 aliphatic heterocycles. The molecule has 2 saturated heterocycles. The van der Waals surface area contributed by atoms with Crippen LogP contribution in [-0.2, 0) is 6.54 Å². The number of aryl methyl sites for hydroxylation is 1. The van der Waals surface area contributed by atoms with Crippen molar-refractivity contribution in [2.75, 3.05) is 33.3 Å². The molecule has 0 aliphatic carbocycles. The van der Waals surface area contributed by atoms with Crippen LogP contribution < -0.4 is 14.8 Å². The van der Waals surface area contributed by atoms with Crippen molar-refractivity contribution in [1.29, 1.82) is 0 Å². The largest absolute Gasteiger partial charge is 0.494 e. The summed E-state index contributed by atoms with van der Waals surface area (Å²) in [6, 6.07) is 20.1. The van der Waals surface area contributed by atoms with Crippen molar-refractivity contribution in [2.45, 2.75) is 51.3 Å². The minimum Gasteiger partial charge on any atom is -0.494 e. The minimum absolute atomic E-state index is 0.0228. The van der Waals surface area contributed by atoms with Crippen molar-refractivity contribution in [3.05, 3.63) is 95.0 Å². The summed E-state index contributed by atoms with van der Waals surface area (Å²) in [4.78, 5) is 30.4. The molecule has 2 aliphatic rings. The molecule has 9 heteroatoms. The third kappa shape index (κ3) is 6.89. The number of carbonyl (C=O) groups is 2. The number of nitrogens with zero attached hydrogens (tertiary/aromatic N) is 2. The van der Waals surface area contributed by atoms with E-state index in [1.165, 1.54) is 18.7 Å². The predicted molar refractivity (Wildman–Crippen MR) is 166 cm³/mol. The van der Waals surface area contributed by atoms with Gasteiger partial charge in [-0.05, 0) is 73.9 Å². The van der Waals surface area contributed by atoms with E-state index in [4.69, 9.17) is 13.9 Å². The first-order chi connectivity index (χ1) is 21.3. The summed E-state index contributed by atoms with van der Waals surface area (Å²) in [6.45, 7) is 5.53. The third-order valence-electron chi connectivity index (χ3n) is 8.59. The first-order valence-corrected chi connectivity index (χ1v) is 15.3. The van der Waals surface area contributed by atoms with Gasteiger partial charge in [-0.1, -0.05) is 23.8 Å². The molecule has 3 heterocycles. The fraction of sp³-hybridized carbons (Fsp3) is 0.371. The zero-order valence-corrected chi connectivity index (χ0v) is 25.2. The zero-order chi connectivity index (χ0) is 30.6. The number of nitrogens with one attached hydrogen (secondary N) is 1. The van der Waals surface area contributed by atoms with E-state index in [0.717, 1.165) is 55.5 Å². The van der Waals surface area contributed by atoms with E-state index in [1.54, 1.807) is 30.3 Å². The Balaban J connectivity index is 0.994. The Morgan fingerprint density at radius 3 is 2.39 bits per heavy atom. The standard InChI is InChI=1S/C35H38FN3O5/c1-23-3-7-28(8-4-23)43-29-13-17-39(18-14-29)35(41)25-6-10-31-26(20-25)21-33(44-31)34(40)37-27-11-15-38(16-12-27)22-24-5-9-32(42-2)30(36)19-24/h3-10,19-21,27,29H,11-18,22H2,1-2H3,(H,37,40). The molecule has 1 N–H and O–H groups in total. The molecule has 6 rings (SSSR count). The second kappa shape index (κ2) is 13.1. The molecule has 8 nitrogen and oxygen atoms in total. The van der Waals surface area contributed by atoms with E-state index in [-0.39, 0.29) is 41.3 Å². The van der Waals surface area contributed by atoms with E-state index in [2.05, 4.69) is 10.2 Å². The monoisotopic (exact) mass is 599 g/mol. The summed E-state index contributed by atoms with van der Waals surface area (Å²) in [6.07, 6.45) is 3.21.